The number of carbonyl (C=O) groups excluding carboxylic acids is 1. The van der Waals surface area contributed by atoms with Gasteiger partial charge in [-0.1, -0.05) is 18.6 Å². The molecule has 4 rings (SSSR count). The first-order valence-corrected chi connectivity index (χ1v) is 11.3. The molecule has 2 aliphatic carbocycles. The summed E-state index contributed by atoms with van der Waals surface area (Å²) < 4.78 is 23.9. The molecule has 0 amide bonds. The van der Waals surface area contributed by atoms with Gasteiger partial charge in [-0.2, -0.15) is 0 Å². The van der Waals surface area contributed by atoms with Crippen LogP contribution in [0.25, 0.3) is 0 Å². The van der Waals surface area contributed by atoms with E-state index >= 15 is 0 Å². The molecule has 0 aromatic heterocycles. The van der Waals surface area contributed by atoms with Gasteiger partial charge in [0.15, 0.2) is 0 Å². The third-order valence-electron chi connectivity index (χ3n) is 7.65. The lowest BCUT2D eigenvalue weighted by atomic mass is 9.68. The summed E-state index contributed by atoms with van der Waals surface area (Å²) in [6, 6.07) is 7.39. The molecule has 3 fully saturated rings. The van der Waals surface area contributed by atoms with Crippen LogP contribution in [0.5, 0.6) is 0 Å². The van der Waals surface area contributed by atoms with E-state index in [9.17, 15) is 9.18 Å². The molecular weight excluding hydrogens is 383 g/mol. The number of ether oxygens (including phenoxy) is 2. The van der Waals surface area contributed by atoms with Crippen LogP contribution in [0, 0.1) is 16.6 Å². The number of rotatable bonds is 9. The van der Waals surface area contributed by atoms with Crippen molar-refractivity contribution in [1.82, 2.24) is 10.2 Å². The third kappa shape index (κ3) is 4.56. The first-order chi connectivity index (χ1) is 14.5. The van der Waals surface area contributed by atoms with E-state index in [-0.39, 0.29) is 22.6 Å². The second-order valence-electron chi connectivity index (χ2n) is 9.72. The number of halogens is 1. The maximum absolute atomic E-state index is 13.2. The van der Waals surface area contributed by atoms with Crippen LogP contribution in [0.3, 0.4) is 0 Å². The quantitative estimate of drug-likeness (QED) is 0.624. The fourth-order valence-corrected chi connectivity index (χ4v) is 5.39. The molecule has 1 aromatic rings. The molecule has 6 heteroatoms. The summed E-state index contributed by atoms with van der Waals surface area (Å²) in [6.07, 6.45) is 6.28. The lowest BCUT2D eigenvalue weighted by Crippen LogP contribution is -2.53. The fraction of sp³-hybridized carbons (Fsp3) is 0.708. The molecule has 0 bridgehead atoms. The molecule has 2 saturated carbocycles. The minimum atomic E-state index is -0.273. The van der Waals surface area contributed by atoms with Gasteiger partial charge in [-0.15, -0.1) is 0 Å². The maximum Gasteiger partial charge on any atom is 0.313 e. The van der Waals surface area contributed by atoms with Gasteiger partial charge in [0.05, 0.1) is 19.1 Å². The SMILES string of the molecule is COCC1(CN[C@@H]2C[C@H]2c2ccc(F)cc2)CCN(CC2(C(=O)OC)CCC2)CC1. The van der Waals surface area contributed by atoms with Crippen LogP contribution in [-0.2, 0) is 14.3 Å². The number of piperidine rings is 1. The van der Waals surface area contributed by atoms with Crippen molar-refractivity contribution in [3.63, 3.8) is 0 Å². The topological polar surface area (TPSA) is 50.8 Å². The summed E-state index contributed by atoms with van der Waals surface area (Å²) in [6.45, 7) is 4.51. The van der Waals surface area contributed by atoms with Crippen LogP contribution in [0.2, 0.25) is 0 Å². The minimum Gasteiger partial charge on any atom is -0.469 e. The Balaban J connectivity index is 1.28. The second-order valence-corrected chi connectivity index (χ2v) is 9.72. The molecule has 1 N–H and O–H groups in total. The molecule has 1 heterocycles. The summed E-state index contributed by atoms with van der Waals surface area (Å²) in [5.41, 5.74) is 1.09. The highest BCUT2D eigenvalue weighted by molar-refractivity contribution is 5.78. The van der Waals surface area contributed by atoms with E-state index in [0.717, 1.165) is 71.3 Å². The van der Waals surface area contributed by atoms with Crippen LogP contribution in [-0.4, -0.2) is 63.9 Å². The smallest absolute Gasteiger partial charge is 0.313 e. The van der Waals surface area contributed by atoms with Crippen LogP contribution in [0.1, 0.15) is 50.0 Å². The zero-order valence-electron chi connectivity index (χ0n) is 18.3. The molecule has 0 spiro atoms. The molecule has 2 atom stereocenters. The van der Waals surface area contributed by atoms with E-state index in [1.165, 1.54) is 12.7 Å². The van der Waals surface area contributed by atoms with Gasteiger partial charge in [0.25, 0.3) is 0 Å². The Hall–Kier alpha value is -1.50. The van der Waals surface area contributed by atoms with Crippen molar-refractivity contribution in [3.05, 3.63) is 35.6 Å². The average Bonchev–Trinajstić information content (AvgIpc) is 3.51. The van der Waals surface area contributed by atoms with Crippen LogP contribution in [0.15, 0.2) is 24.3 Å². The first kappa shape index (κ1) is 21.7. The summed E-state index contributed by atoms with van der Waals surface area (Å²) in [5, 5.41) is 3.76. The van der Waals surface area contributed by atoms with Crippen LogP contribution in [0.4, 0.5) is 4.39 Å². The van der Waals surface area contributed by atoms with E-state index in [0.29, 0.717) is 12.0 Å². The number of carbonyl (C=O) groups is 1. The monoisotopic (exact) mass is 418 g/mol. The molecule has 30 heavy (non-hydrogen) atoms. The Labute approximate surface area is 179 Å². The van der Waals surface area contributed by atoms with E-state index in [4.69, 9.17) is 9.47 Å². The number of nitrogens with zero attached hydrogens (tertiary/aromatic N) is 1. The molecule has 1 saturated heterocycles. The standard InChI is InChI=1S/C24H35FN2O3/c1-29-17-23(15-26-21-14-20(21)18-4-6-19(25)7-5-18)10-12-27(13-11-23)16-24(8-3-9-24)22(28)30-2/h4-7,20-21,26H,3,8-17H2,1-2H3/t20-,21+/m0/s1. The lowest BCUT2D eigenvalue weighted by Gasteiger charge is -2.47. The summed E-state index contributed by atoms with van der Waals surface area (Å²) >= 11 is 0. The van der Waals surface area contributed by atoms with Gasteiger partial charge >= 0.3 is 5.97 Å². The Bertz CT molecular complexity index is 726. The molecule has 3 aliphatic rings. The normalized spacial score (nSPS) is 27.3. The highest BCUT2D eigenvalue weighted by Gasteiger charge is 2.48. The minimum absolute atomic E-state index is 0.0373. The molecule has 1 aromatic carbocycles. The van der Waals surface area contributed by atoms with Crippen LogP contribution < -0.4 is 5.32 Å². The predicted octanol–water partition coefficient (Wildman–Crippen LogP) is 3.34. The van der Waals surface area contributed by atoms with Gasteiger partial charge in [-0.05, 0) is 62.9 Å². The molecule has 0 radical (unpaired) electrons. The van der Waals surface area contributed by atoms with Gasteiger partial charge in [0.1, 0.15) is 5.82 Å². The van der Waals surface area contributed by atoms with Crippen molar-refractivity contribution >= 4 is 5.97 Å². The van der Waals surface area contributed by atoms with Crippen molar-refractivity contribution in [3.8, 4) is 0 Å². The van der Waals surface area contributed by atoms with Crippen molar-refractivity contribution < 1.29 is 18.7 Å². The van der Waals surface area contributed by atoms with Gasteiger partial charge in [0, 0.05) is 37.6 Å². The third-order valence-corrected chi connectivity index (χ3v) is 7.65. The molecular formula is C24H35FN2O3. The number of benzene rings is 1. The number of methoxy groups -OCH3 is 2. The Morgan fingerprint density at radius 2 is 1.87 bits per heavy atom. The van der Waals surface area contributed by atoms with Crippen LogP contribution >= 0.6 is 0 Å². The highest BCUT2D eigenvalue weighted by atomic mass is 19.1. The number of esters is 1. The number of nitrogens with one attached hydrogen (secondary N) is 1. The Morgan fingerprint density at radius 3 is 2.43 bits per heavy atom. The summed E-state index contributed by atoms with van der Waals surface area (Å²) in [4.78, 5) is 14.7. The van der Waals surface area contributed by atoms with E-state index < -0.39 is 0 Å². The van der Waals surface area contributed by atoms with E-state index in [2.05, 4.69) is 10.2 Å². The van der Waals surface area contributed by atoms with Crippen molar-refractivity contribution in [2.75, 3.05) is 47.0 Å². The first-order valence-electron chi connectivity index (χ1n) is 11.3. The number of hydrogen-bond acceptors (Lipinski definition) is 5. The lowest BCUT2D eigenvalue weighted by molar-refractivity contribution is -0.160. The summed E-state index contributed by atoms with van der Waals surface area (Å²) in [7, 11) is 3.29. The predicted molar refractivity (Wildman–Crippen MR) is 114 cm³/mol. The van der Waals surface area contributed by atoms with Gasteiger partial charge in [-0.3, -0.25) is 4.79 Å². The molecule has 1 aliphatic heterocycles. The van der Waals surface area contributed by atoms with Gasteiger partial charge in [0.2, 0.25) is 0 Å². The molecule has 5 nitrogen and oxygen atoms in total. The average molecular weight is 419 g/mol. The second kappa shape index (κ2) is 8.93. The number of hydrogen-bond donors (Lipinski definition) is 1. The zero-order chi connectivity index (χ0) is 21.2. The highest BCUT2D eigenvalue weighted by Crippen LogP contribution is 2.45. The van der Waals surface area contributed by atoms with Crippen molar-refractivity contribution in [1.29, 1.82) is 0 Å². The Morgan fingerprint density at radius 1 is 1.17 bits per heavy atom. The van der Waals surface area contributed by atoms with E-state index in [1.54, 1.807) is 19.2 Å². The molecule has 0 unspecified atom stereocenters. The fourth-order valence-electron chi connectivity index (χ4n) is 5.39. The van der Waals surface area contributed by atoms with Gasteiger partial charge in [-0.25, -0.2) is 4.39 Å². The Kier molecular flexibility index (Phi) is 6.47. The van der Waals surface area contributed by atoms with Crippen molar-refractivity contribution in [2.24, 2.45) is 10.8 Å². The largest absolute Gasteiger partial charge is 0.469 e. The zero-order valence-corrected chi connectivity index (χ0v) is 18.3. The number of likely N-dealkylation sites (tertiary alicyclic amines) is 1. The molecule has 166 valence electrons. The van der Waals surface area contributed by atoms with Crippen molar-refractivity contribution in [2.45, 2.75) is 50.5 Å². The maximum atomic E-state index is 13.2. The van der Waals surface area contributed by atoms with E-state index in [1.807, 2.05) is 12.1 Å². The van der Waals surface area contributed by atoms with Gasteiger partial charge < -0.3 is 19.7 Å². The summed E-state index contributed by atoms with van der Waals surface area (Å²) in [5.74, 6) is 0.277.